The molecule has 0 bridgehead atoms. The molecule has 0 radical (unpaired) electrons. The van der Waals surface area contributed by atoms with E-state index in [0.717, 1.165) is 22.6 Å². The van der Waals surface area contributed by atoms with E-state index in [1.165, 1.54) is 56.7 Å². The zero-order chi connectivity index (χ0) is 40.3. The highest BCUT2D eigenvalue weighted by Crippen LogP contribution is 2.44. The molecule has 0 spiro atoms. The van der Waals surface area contributed by atoms with Gasteiger partial charge in [-0.2, -0.15) is 0 Å². The van der Waals surface area contributed by atoms with Gasteiger partial charge in [0, 0.05) is 99.7 Å². The predicted molar refractivity (Wildman–Crippen MR) is 218 cm³/mol. The van der Waals surface area contributed by atoms with Gasteiger partial charge in [0.2, 0.25) is 0 Å². The molecule has 0 saturated heterocycles. The third-order valence-corrected chi connectivity index (χ3v) is 13.4. The molecule has 14 heteroatoms. The summed E-state index contributed by atoms with van der Waals surface area (Å²) < 4.78 is 0. The van der Waals surface area contributed by atoms with Crippen LogP contribution < -0.4 is 9.80 Å². The highest BCUT2D eigenvalue weighted by molar-refractivity contribution is 7.21. The summed E-state index contributed by atoms with van der Waals surface area (Å²) in [7, 11) is 0. The van der Waals surface area contributed by atoms with Crippen molar-refractivity contribution in [2.45, 2.75) is 39.5 Å². The van der Waals surface area contributed by atoms with Gasteiger partial charge in [-0.05, 0) is 73.5 Å². The molecule has 4 aromatic carbocycles. The molecule has 0 unspecified atom stereocenters. The van der Waals surface area contributed by atoms with Gasteiger partial charge in [-0.3, -0.25) is 48.2 Å². The lowest BCUT2D eigenvalue weighted by atomic mass is 9.85. The first-order valence-electron chi connectivity index (χ1n) is 18.9. The highest BCUT2D eigenvalue weighted by atomic mass is 32.1. The number of carbonyl (C=O) groups is 8. The number of anilines is 2. The molecule has 0 N–H and O–H groups in total. The molecule has 0 saturated carbocycles. The van der Waals surface area contributed by atoms with Gasteiger partial charge in [-0.15, -0.1) is 22.7 Å². The molecule has 58 heavy (non-hydrogen) atoms. The minimum atomic E-state index is -0.592. The Hall–Kier alpha value is -6.64. The molecule has 12 nitrogen and oxygen atoms in total. The molecule has 8 amide bonds. The fourth-order valence-electron chi connectivity index (χ4n) is 8.50. The summed E-state index contributed by atoms with van der Waals surface area (Å²) in [5.74, 6) is -4.16. The largest absolute Gasteiger partial charge is 0.274 e. The fraction of sp³-hybridized carbons (Fsp3) is 0.182. The van der Waals surface area contributed by atoms with Crippen molar-refractivity contribution >= 4 is 103 Å². The van der Waals surface area contributed by atoms with E-state index >= 15 is 0 Å². The summed E-state index contributed by atoms with van der Waals surface area (Å²) >= 11 is 2.55. The molecule has 0 atom stereocenters. The van der Waals surface area contributed by atoms with E-state index in [4.69, 9.17) is 0 Å². The summed E-state index contributed by atoms with van der Waals surface area (Å²) in [6.45, 7) is 4.49. The smallest absolute Gasteiger partial charge is 0.266 e. The number of hydrogen-bond acceptors (Lipinski definition) is 10. The van der Waals surface area contributed by atoms with Gasteiger partial charge >= 0.3 is 0 Å². The molecule has 4 aliphatic rings. The van der Waals surface area contributed by atoms with Gasteiger partial charge in [0.25, 0.3) is 47.3 Å². The Morgan fingerprint density at radius 1 is 0.397 bits per heavy atom. The van der Waals surface area contributed by atoms with Crippen molar-refractivity contribution in [3.8, 4) is 9.75 Å². The summed E-state index contributed by atoms with van der Waals surface area (Å²) in [6, 6.07) is 15.7. The number of thiophene rings is 2. The van der Waals surface area contributed by atoms with Crippen LogP contribution >= 0.6 is 22.7 Å². The number of carbonyl (C=O) groups excluding carboxylic acids is 8. The quantitative estimate of drug-likeness (QED) is 0.133. The predicted octanol–water partition coefficient (Wildman–Crippen LogP) is 8.18. The second-order valence-electron chi connectivity index (χ2n) is 14.6. The van der Waals surface area contributed by atoms with Crippen LogP contribution in [0.25, 0.3) is 31.3 Å². The molecule has 0 fully saturated rings. The number of amides is 8. The summed E-state index contributed by atoms with van der Waals surface area (Å²) in [5, 5.41) is 4.57. The Labute approximate surface area is 337 Å². The average Bonchev–Trinajstić information content (AvgIpc) is 3.91. The monoisotopic (exact) mass is 806 g/mol. The molecular formula is C44H30N4O8S2. The third-order valence-electron chi connectivity index (χ3n) is 11.4. The Morgan fingerprint density at radius 2 is 0.655 bits per heavy atom. The topological polar surface area (TPSA) is 150 Å². The van der Waals surface area contributed by atoms with Crippen LogP contribution in [0, 0.1) is 0 Å². The number of hydrogen-bond donors (Lipinski definition) is 0. The lowest BCUT2D eigenvalue weighted by Crippen LogP contribution is -2.43. The zero-order valence-corrected chi connectivity index (χ0v) is 32.7. The standard InChI is InChI=1S/C44H30N4O8S2/c1-3-5-15-45-37(49)23-7-11-27-35-28(12-8-24(33(23)35)38(45)50)42(54)47(41(27)53)21-17-31(57-19-21)32-18-22(20-58-32)48-43(55)29-13-9-25-34-26(10-14-30(36(29)34)44(48)56)40(52)46(39(25)51)16-6-4-2/h7-14,17-20H,3-6,15-16H2,1-2H3. The minimum Gasteiger partial charge on any atom is -0.274 e. The SMILES string of the molecule is CCCCN1C(=O)c2ccc3c4c(ccc(c24)C1=O)C(=O)N(c1csc(-c2cc(N4C(=O)c5ccc6c7c(ccc(c57)C4=O)C(=O)N(CCCC)C6=O)cs2)c1)C3=O. The zero-order valence-electron chi connectivity index (χ0n) is 31.0. The van der Waals surface area contributed by atoms with E-state index in [1.807, 2.05) is 13.8 Å². The van der Waals surface area contributed by atoms with E-state index in [1.54, 1.807) is 47.2 Å². The molecule has 0 aliphatic carbocycles. The van der Waals surface area contributed by atoms with Crippen molar-refractivity contribution in [3.05, 3.63) is 116 Å². The number of benzene rings is 4. The van der Waals surface area contributed by atoms with Crippen LogP contribution in [0.3, 0.4) is 0 Å². The van der Waals surface area contributed by atoms with Crippen molar-refractivity contribution in [1.29, 1.82) is 0 Å². The van der Waals surface area contributed by atoms with E-state index in [9.17, 15) is 38.4 Å². The van der Waals surface area contributed by atoms with Crippen molar-refractivity contribution in [1.82, 2.24) is 9.80 Å². The second kappa shape index (κ2) is 12.9. The fourth-order valence-corrected chi connectivity index (χ4v) is 10.4. The normalized spacial score (nSPS) is 16.0. The average molecular weight is 807 g/mol. The molecule has 6 heterocycles. The molecule has 2 aromatic heterocycles. The van der Waals surface area contributed by atoms with Crippen LogP contribution in [-0.2, 0) is 0 Å². The van der Waals surface area contributed by atoms with Crippen LogP contribution in [0.1, 0.15) is 122 Å². The lowest BCUT2D eigenvalue weighted by molar-refractivity contribution is 0.0593. The number of unbranched alkanes of at least 4 members (excludes halogenated alkanes) is 2. The number of rotatable bonds is 9. The van der Waals surface area contributed by atoms with Crippen molar-refractivity contribution in [2.24, 2.45) is 0 Å². The Bertz CT molecular complexity index is 2640. The van der Waals surface area contributed by atoms with Gasteiger partial charge < -0.3 is 0 Å². The van der Waals surface area contributed by atoms with Crippen LogP contribution in [0.15, 0.2) is 71.4 Å². The minimum absolute atomic E-state index is 0.203. The second-order valence-corrected chi connectivity index (χ2v) is 16.4. The summed E-state index contributed by atoms with van der Waals surface area (Å²) in [5.41, 5.74) is 2.56. The van der Waals surface area contributed by atoms with Crippen molar-refractivity contribution in [2.75, 3.05) is 22.9 Å². The molecule has 4 aliphatic heterocycles. The highest BCUT2D eigenvalue weighted by Gasteiger charge is 2.42. The Kier molecular flexibility index (Phi) is 7.98. The first-order chi connectivity index (χ1) is 28.0. The molecule has 10 rings (SSSR count). The van der Waals surface area contributed by atoms with Crippen LogP contribution in [-0.4, -0.2) is 70.1 Å². The van der Waals surface area contributed by atoms with Gasteiger partial charge in [0.05, 0.1) is 11.4 Å². The number of imide groups is 4. The van der Waals surface area contributed by atoms with E-state index in [0.29, 0.717) is 55.5 Å². The first-order valence-corrected chi connectivity index (χ1v) is 20.7. The van der Waals surface area contributed by atoms with E-state index < -0.39 is 47.3 Å². The Morgan fingerprint density at radius 3 is 0.914 bits per heavy atom. The summed E-state index contributed by atoms with van der Waals surface area (Å²) in [4.78, 5) is 116. The third kappa shape index (κ3) is 4.78. The molecular weight excluding hydrogens is 777 g/mol. The number of nitrogens with zero attached hydrogens (tertiary/aromatic N) is 4. The maximum absolute atomic E-state index is 14.1. The van der Waals surface area contributed by atoms with Gasteiger partial charge in [-0.1, -0.05) is 26.7 Å². The van der Waals surface area contributed by atoms with Gasteiger partial charge in [-0.25, -0.2) is 9.80 Å². The van der Waals surface area contributed by atoms with Crippen LogP contribution in [0.2, 0.25) is 0 Å². The summed E-state index contributed by atoms with van der Waals surface area (Å²) in [6.07, 6.45) is 2.91. The van der Waals surface area contributed by atoms with Gasteiger partial charge in [0.15, 0.2) is 0 Å². The van der Waals surface area contributed by atoms with Gasteiger partial charge in [0.1, 0.15) is 0 Å². The maximum atomic E-state index is 14.1. The van der Waals surface area contributed by atoms with E-state index in [2.05, 4.69) is 0 Å². The lowest BCUT2D eigenvalue weighted by Gasteiger charge is -2.31. The van der Waals surface area contributed by atoms with Crippen molar-refractivity contribution < 1.29 is 38.4 Å². The van der Waals surface area contributed by atoms with Crippen LogP contribution in [0.5, 0.6) is 0 Å². The first kappa shape index (κ1) is 35.8. The maximum Gasteiger partial charge on any atom is 0.266 e. The Balaban J connectivity index is 0.954. The van der Waals surface area contributed by atoms with Crippen molar-refractivity contribution in [3.63, 3.8) is 0 Å². The molecule has 6 aromatic rings. The van der Waals surface area contributed by atoms with Crippen LogP contribution in [0.4, 0.5) is 11.4 Å². The molecule has 286 valence electrons. The van der Waals surface area contributed by atoms with E-state index in [-0.39, 0.29) is 57.6 Å².